The highest BCUT2D eigenvalue weighted by atomic mass is 16.7. The molecule has 0 spiro atoms. The van der Waals surface area contributed by atoms with Gasteiger partial charge in [-0.05, 0) is 51.4 Å². The van der Waals surface area contributed by atoms with Crippen LogP contribution in [-0.4, -0.2) is 77.8 Å². The average molecular weight is 483 g/mol. The van der Waals surface area contributed by atoms with E-state index in [0.717, 1.165) is 6.42 Å². The van der Waals surface area contributed by atoms with Gasteiger partial charge in [-0.15, -0.1) is 0 Å². The number of nitrogens with zero attached hydrogens (tertiary/aromatic N) is 1. The zero-order valence-corrected chi connectivity index (χ0v) is 22.5. The summed E-state index contributed by atoms with van der Waals surface area (Å²) in [5.41, 5.74) is -1.46. The third-order valence-electron chi connectivity index (χ3n) is 9.42. The molecule has 2 bridgehead atoms. The van der Waals surface area contributed by atoms with E-state index in [1.165, 1.54) is 0 Å². The highest BCUT2D eigenvalue weighted by molar-refractivity contribution is 5.99. The van der Waals surface area contributed by atoms with Gasteiger partial charge in [0.1, 0.15) is 23.4 Å². The fourth-order valence-electron chi connectivity index (χ4n) is 6.99. The quantitative estimate of drug-likeness (QED) is 0.458. The van der Waals surface area contributed by atoms with Crippen molar-refractivity contribution in [1.29, 1.82) is 0 Å². The molecular formula is C26H46N2O6. The van der Waals surface area contributed by atoms with Gasteiger partial charge in [-0.3, -0.25) is 9.59 Å². The topological polar surface area (TPSA) is 97.3 Å². The maximum Gasteiger partial charge on any atom is 0.316 e. The van der Waals surface area contributed by atoms with E-state index in [2.05, 4.69) is 26.1 Å². The van der Waals surface area contributed by atoms with Gasteiger partial charge < -0.3 is 24.6 Å². The number of rotatable bonds is 2. The van der Waals surface area contributed by atoms with Crippen molar-refractivity contribution in [2.75, 3.05) is 20.2 Å². The van der Waals surface area contributed by atoms with Crippen LogP contribution in [0.2, 0.25) is 0 Å². The number of ketones is 1. The van der Waals surface area contributed by atoms with Crippen LogP contribution in [-0.2, 0) is 23.8 Å². The third-order valence-corrected chi connectivity index (χ3v) is 9.42. The standard InChI is InChI=1S/C26H46N2O6/c1-10-19-26(8)22-16(4)20(27-11-12-28(22)24(31)34-26)14(2)13-25(7,32-9)18(6)15(3)21(29)17(5)23(30)33-19/h14-20,22,24,27,31H,10-13H2,1-9H3/t14-,15-,16+,17-,18-,19-,20+,22-,24?,25-,26-/m1/s1. The van der Waals surface area contributed by atoms with Crippen LogP contribution in [0.4, 0.5) is 0 Å². The van der Waals surface area contributed by atoms with Crippen molar-refractivity contribution in [1.82, 2.24) is 10.2 Å². The molecule has 1 unspecified atom stereocenters. The Labute approximate surface area is 205 Å². The van der Waals surface area contributed by atoms with Crippen molar-refractivity contribution in [2.45, 2.75) is 104 Å². The molecule has 0 aliphatic carbocycles. The number of carbonyl (C=O) groups excluding carboxylic acids is 2. The van der Waals surface area contributed by atoms with E-state index >= 15 is 0 Å². The highest BCUT2D eigenvalue weighted by Crippen LogP contribution is 2.45. The smallest absolute Gasteiger partial charge is 0.316 e. The Bertz CT molecular complexity index is 764. The number of fused-ring (bicyclic) bond motifs is 1. The van der Waals surface area contributed by atoms with E-state index < -0.39 is 35.6 Å². The molecule has 0 aromatic carbocycles. The molecule has 34 heavy (non-hydrogen) atoms. The van der Waals surface area contributed by atoms with Gasteiger partial charge in [0.15, 0.2) is 0 Å². The second-order valence-electron chi connectivity index (χ2n) is 11.4. The first-order valence-electron chi connectivity index (χ1n) is 13.0. The lowest BCUT2D eigenvalue weighted by Crippen LogP contribution is -2.59. The van der Waals surface area contributed by atoms with E-state index in [1.54, 1.807) is 14.0 Å². The molecule has 3 saturated heterocycles. The Hall–Kier alpha value is -1.06. The average Bonchev–Trinajstić information content (AvgIpc) is 2.93. The number of ether oxygens (including phenoxy) is 3. The normalized spacial score (nSPS) is 49.3. The van der Waals surface area contributed by atoms with Gasteiger partial charge in [0, 0.05) is 32.2 Å². The first-order valence-corrected chi connectivity index (χ1v) is 13.0. The lowest BCUT2D eigenvalue weighted by atomic mass is 9.69. The maximum absolute atomic E-state index is 13.4. The summed E-state index contributed by atoms with van der Waals surface area (Å²) in [5, 5.41) is 14.6. The predicted octanol–water partition coefficient (Wildman–Crippen LogP) is 2.57. The summed E-state index contributed by atoms with van der Waals surface area (Å²) in [6, 6.07) is -0.0345. The molecule has 0 aromatic heterocycles. The monoisotopic (exact) mass is 482 g/mol. The van der Waals surface area contributed by atoms with Gasteiger partial charge >= 0.3 is 5.97 Å². The number of aliphatic hydroxyl groups is 1. The lowest BCUT2D eigenvalue weighted by Gasteiger charge is -2.45. The molecule has 0 radical (unpaired) electrons. The van der Waals surface area contributed by atoms with E-state index in [-0.39, 0.29) is 41.5 Å². The molecule has 0 aromatic rings. The Morgan fingerprint density at radius 1 is 1.18 bits per heavy atom. The number of esters is 1. The van der Waals surface area contributed by atoms with Gasteiger partial charge in [-0.1, -0.05) is 34.6 Å². The van der Waals surface area contributed by atoms with Gasteiger partial charge in [-0.2, -0.15) is 0 Å². The van der Waals surface area contributed by atoms with Crippen LogP contribution in [0, 0.1) is 29.6 Å². The Morgan fingerprint density at radius 2 is 1.82 bits per heavy atom. The van der Waals surface area contributed by atoms with Crippen LogP contribution in [0.25, 0.3) is 0 Å². The summed E-state index contributed by atoms with van der Waals surface area (Å²) in [6.45, 7) is 17.3. The molecule has 8 nitrogen and oxygen atoms in total. The second-order valence-corrected chi connectivity index (χ2v) is 11.4. The fraction of sp³-hybridized carbons (Fsp3) is 0.923. The summed E-state index contributed by atoms with van der Waals surface area (Å²) in [6.07, 6.45) is -0.377. The second kappa shape index (κ2) is 10.1. The number of aliphatic hydroxyl groups excluding tert-OH is 1. The van der Waals surface area contributed by atoms with E-state index in [4.69, 9.17) is 14.2 Å². The summed E-state index contributed by atoms with van der Waals surface area (Å²) in [7, 11) is 1.71. The molecule has 3 aliphatic rings. The van der Waals surface area contributed by atoms with Gasteiger partial charge in [0.25, 0.3) is 0 Å². The van der Waals surface area contributed by atoms with Crippen molar-refractivity contribution < 1.29 is 28.9 Å². The van der Waals surface area contributed by atoms with Crippen molar-refractivity contribution in [2.24, 2.45) is 29.6 Å². The van der Waals surface area contributed by atoms with Crippen LogP contribution in [0.1, 0.15) is 68.2 Å². The van der Waals surface area contributed by atoms with E-state index in [9.17, 15) is 14.7 Å². The Balaban J connectivity index is 2.11. The highest BCUT2D eigenvalue weighted by Gasteiger charge is 2.59. The third kappa shape index (κ3) is 4.57. The molecule has 196 valence electrons. The molecule has 3 fully saturated rings. The molecule has 3 heterocycles. The molecule has 2 N–H and O–H groups in total. The molecule has 8 heteroatoms. The molecule has 0 saturated carbocycles. The van der Waals surface area contributed by atoms with Crippen molar-refractivity contribution >= 4 is 11.8 Å². The summed E-state index contributed by atoms with van der Waals surface area (Å²) >= 11 is 0. The van der Waals surface area contributed by atoms with Crippen molar-refractivity contribution in [3.63, 3.8) is 0 Å². The minimum atomic E-state index is -1.07. The zero-order valence-electron chi connectivity index (χ0n) is 22.5. The SMILES string of the molecule is CC[C@H]1OC(=O)[C@H](C)C(=O)[C@H](C)[C@@H](C)[C@](C)(OC)C[C@@H](C)[C@@H]2NCCN3C(O)O[C@@]1(C)[C@H]3[C@H]2C. The van der Waals surface area contributed by atoms with Crippen LogP contribution in [0.5, 0.6) is 0 Å². The fourth-order valence-corrected chi connectivity index (χ4v) is 6.99. The zero-order chi connectivity index (χ0) is 25.6. The number of methoxy groups -OCH3 is 1. The molecule has 11 atom stereocenters. The summed E-state index contributed by atoms with van der Waals surface area (Å²) in [4.78, 5) is 28.6. The minimum absolute atomic E-state index is 0.0907. The number of hydrogen-bond acceptors (Lipinski definition) is 8. The molecule has 3 rings (SSSR count). The number of hydrogen-bond donors (Lipinski definition) is 2. The largest absolute Gasteiger partial charge is 0.459 e. The van der Waals surface area contributed by atoms with Crippen LogP contribution < -0.4 is 5.32 Å². The van der Waals surface area contributed by atoms with E-state index in [1.807, 2.05) is 32.6 Å². The lowest BCUT2D eigenvalue weighted by molar-refractivity contribution is -0.208. The number of Topliss-reactive ketones (excluding diaryl/α,β-unsaturated/α-hetero) is 1. The maximum atomic E-state index is 13.4. The Morgan fingerprint density at radius 3 is 2.41 bits per heavy atom. The van der Waals surface area contributed by atoms with Crippen molar-refractivity contribution in [3.8, 4) is 0 Å². The number of carbonyl (C=O) groups is 2. The van der Waals surface area contributed by atoms with Gasteiger partial charge in [0.2, 0.25) is 6.41 Å². The van der Waals surface area contributed by atoms with Gasteiger partial charge in [-0.25, -0.2) is 4.90 Å². The Kier molecular flexibility index (Phi) is 8.20. The van der Waals surface area contributed by atoms with Crippen LogP contribution >= 0.6 is 0 Å². The molecule has 3 aliphatic heterocycles. The number of cyclic esters (lactones) is 1. The van der Waals surface area contributed by atoms with Crippen LogP contribution in [0.3, 0.4) is 0 Å². The first kappa shape index (κ1) is 27.5. The van der Waals surface area contributed by atoms with Gasteiger partial charge in [0.05, 0.1) is 11.6 Å². The first-order chi connectivity index (χ1) is 15.8. The minimum Gasteiger partial charge on any atom is -0.459 e. The molecule has 0 amide bonds. The molecular weight excluding hydrogens is 436 g/mol. The summed E-state index contributed by atoms with van der Waals surface area (Å²) in [5.74, 6) is -1.69. The predicted molar refractivity (Wildman–Crippen MR) is 129 cm³/mol. The van der Waals surface area contributed by atoms with Crippen molar-refractivity contribution in [3.05, 3.63) is 0 Å². The van der Waals surface area contributed by atoms with Crippen LogP contribution in [0.15, 0.2) is 0 Å². The van der Waals surface area contributed by atoms with E-state index in [0.29, 0.717) is 19.5 Å². The summed E-state index contributed by atoms with van der Waals surface area (Å²) < 4.78 is 18.2. The number of nitrogens with one attached hydrogen (secondary N) is 1.